The van der Waals surface area contributed by atoms with Gasteiger partial charge in [-0.3, -0.25) is 9.36 Å². The maximum Gasteiger partial charge on any atom is 0.420 e. The van der Waals surface area contributed by atoms with Crippen molar-refractivity contribution in [3.63, 3.8) is 0 Å². The second-order valence-electron chi connectivity index (χ2n) is 8.99. The Bertz CT molecular complexity index is 1630. The van der Waals surface area contributed by atoms with E-state index < -0.39 is 57.2 Å². The fourth-order valence-corrected chi connectivity index (χ4v) is 5.52. The van der Waals surface area contributed by atoms with Crippen LogP contribution in [0.2, 0.25) is 5.02 Å². The van der Waals surface area contributed by atoms with Crippen LogP contribution < -0.4 is 15.6 Å². The van der Waals surface area contributed by atoms with Crippen molar-refractivity contribution in [3.8, 4) is 11.4 Å². The molecule has 0 bridgehead atoms. The summed E-state index contributed by atoms with van der Waals surface area (Å²) in [6.45, 7) is 1.60. The highest BCUT2D eigenvalue weighted by Gasteiger charge is 2.59. The zero-order chi connectivity index (χ0) is 30.1. The van der Waals surface area contributed by atoms with Crippen LogP contribution in [0.4, 0.5) is 32.0 Å². The van der Waals surface area contributed by atoms with Crippen LogP contribution in [0.3, 0.4) is 0 Å². The van der Waals surface area contributed by atoms with Crippen molar-refractivity contribution in [1.82, 2.24) is 4.57 Å². The molecule has 0 aliphatic carbocycles. The first-order valence-electron chi connectivity index (χ1n) is 12.1. The number of benzene rings is 3. The van der Waals surface area contributed by atoms with Crippen LogP contribution in [-0.4, -0.2) is 40.1 Å². The highest BCUT2D eigenvalue weighted by molar-refractivity contribution is 7.99. The van der Waals surface area contributed by atoms with Crippen LogP contribution in [-0.2, 0) is 0 Å². The van der Waals surface area contributed by atoms with Gasteiger partial charge in [-0.15, -0.1) is 0 Å². The number of methoxy groups -OCH3 is 1. The number of pyridine rings is 1. The SMILES string of the molecule is CCSCC(O)(C(Nc1cc(F)cc2c1ccc(=O)n2-c1ccc(F)cc1)c1ccc(OC)c(F)c1Cl)C(F)(F)F. The van der Waals surface area contributed by atoms with Gasteiger partial charge in [-0.25, -0.2) is 13.2 Å². The van der Waals surface area contributed by atoms with Crippen LogP contribution in [0.25, 0.3) is 16.6 Å². The van der Waals surface area contributed by atoms with E-state index in [1.165, 1.54) is 18.2 Å². The van der Waals surface area contributed by atoms with Crippen LogP contribution in [0.15, 0.2) is 65.5 Å². The topological polar surface area (TPSA) is 63.5 Å². The molecule has 0 radical (unpaired) electrons. The molecule has 13 heteroatoms. The predicted octanol–water partition coefficient (Wildman–Crippen LogP) is 7.27. The van der Waals surface area contributed by atoms with Gasteiger partial charge < -0.3 is 15.2 Å². The summed E-state index contributed by atoms with van der Waals surface area (Å²) >= 11 is 6.97. The van der Waals surface area contributed by atoms with E-state index in [1.54, 1.807) is 6.92 Å². The third-order valence-corrected chi connectivity index (χ3v) is 7.90. The van der Waals surface area contributed by atoms with E-state index in [0.29, 0.717) is 0 Å². The number of halogens is 7. The smallest absolute Gasteiger partial charge is 0.420 e. The van der Waals surface area contributed by atoms with Gasteiger partial charge >= 0.3 is 6.18 Å². The van der Waals surface area contributed by atoms with E-state index in [0.717, 1.165) is 65.9 Å². The summed E-state index contributed by atoms with van der Waals surface area (Å²) in [6.07, 6.45) is -5.26. The van der Waals surface area contributed by atoms with Crippen molar-refractivity contribution >= 4 is 40.0 Å². The second-order valence-corrected chi connectivity index (χ2v) is 10.6. The molecular weight excluding hydrogens is 594 g/mol. The number of aromatic nitrogens is 1. The standard InChI is InChI=1S/C28H23ClF6N2O3S/c1-3-41-14-27(39,28(33,34)35)26(19-8-10-22(40-2)25(32)24(19)29)36-20-12-16(31)13-21-18(20)9-11-23(38)37(21)17-6-4-15(30)5-7-17/h4-13,26,36,39H,3,14H2,1-2H3. The molecule has 2 N–H and O–H groups in total. The molecule has 4 rings (SSSR count). The lowest BCUT2D eigenvalue weighted by atomic mass is 9.88. The van der Waals surface area contributed by atoms with E-state index in [1.807, 2.05) is 0 Å². The molecule has 0 amide bonds. The van der Waals surface area contributed by atoms with Gasteiger partial charge in [0.15, 0.2) is 17.2 Å². The number of rotatable bonds is 9. The fourth-order valence-electron chi connectivity index (χ4n) is 4.41. The highest BCUT2D eigenvalue weighted by Crippen LogP contribution is 2.47. The number of hydrogen-bond donors (Lipinski definition) is 2. The Hall–Kier alpha value is -3.35. The molecule has 2 unspecified atom stereocenters. The Morgan fingerprint density at radius 2 is 1.71 bits per heavy atom. The van der Waals surface area contributed by atoms with Gasteiger partial charge in [-0.2, -0.15) is 24.9 Å². The van der Waals surface area contributed by atoms with E-state index in [9.17, 15) is 31.9 Å². The average molecular weight is 617 g/mol. The molecule has 3 aromatic carbocycles. The van der Waals surface area contributed by atoms with Crippen molar-refractivity contribution in [3.05, 3.63) is 99.1 Å². The average Bonchev–Trinajstić information content (AvgIpc) is 2.92. The first-order chi connectivity index (χ1) is 19.3. The van der Waals surface area contributed by atoms with Gasteiger partial charge in [0, 0.05) is 28.6 Å². The van der Waals surface area contributed by atoms with Gasteiger partial charge in [0.2, 0.25) is 0 Å². The Labute approximate surface area is 239 Å². The quantitative estimate of drug-likeness (QED) is 0.194. The molecule has 1 aromatic heterocycles. The van der Waals surface area contributed by atoms with Crippen LogP contribution >= 0.6 is 23.4 Å². The molecule has 0 saturated carbocycles. The lowest BCUT2D eigenvalue weighted by Crippen LogP contribution is -2.54. The van der Waals surface area contributed by atoms with Crippen molar-refractivity contribution < 1.29 is 36.2 Å². The van der Waals surface area contributed by atoms with E-state index in [-0.39, 0.29) is 33.8 Å². The van der Waals surface area contributed by atoms with Gasteiger partial charge in [0.1, 0.15) is 11.6 Å². The lowest BCUT2D eigenvalue weighted by molar-refractivity contribution is -0.256. The summed E-state index contributed by atoms with van der Waals surface area (Å²) in [5, 5.41) is 13.1. The molecule has 5 nitrogen and oxygen atoms in total. The Kier molecular flexibility index (Phi) is 8.86. The maximum atomic E-state index is 15.0. The minimum absolute atomic E-state index is 0.0594. The summed E-state index contributed by atoms with van der Waals surface area (Å²) < 4.78 is 93.2. The monoisotopic (exact) mass is 616 g/mol. The second kappa shape index (κ2) is 11.9. The largest absolute Gasteiger partial charge is 0.494 e. The molecule has 0 aliphatic heterocycles. The number of nitrogens with zero attached hydrogens (tertiary/aromatic N) is 1. The Morgan fingerprint density at radius 1 is 1.02 bits per heavy atom. The summed E-state index contributed by atoms with van der Waals surface area (Å²) in [7, 11) is 1.15. The zero-order valence-corrected chi connectivity index (χ0v) is 23.1. The van der Waals surface area contributed by atoms with E-state index in [2.05, 4.69) is 5.32 Å². The molecule has 41 heavy (non-hydrogen) atoms. The van der Waals surface area contributed by atoms with E-state index in [4.69, 9.17) is 16.3 Å². The number of alkyl halides is 3. The first kappa shape index (κ1) is 30.6. The Morgan fingerprint density at radius 3 is 2.32 bits per heavy atom. The van der Waals surface area contributed by atoms with Gasteiger partial charge in [0.25, 0.3) is 5.56 Å². The normalized spacial score (nSPS) is 14.1. The molecule has 0 aliphatic rings. The minimum Gasteiger partial charge on any atom is -0.494 e. The molecule has 1 heterocycles. The Balaban J connectivity index is 1.99. The van der Waals surface area contributed by atoms with Crippen LogP contribution in [0.1, 0.15) is 18.5 Å². The molecular formula is C28H23ClF6N2O3S. The predicted molar refractivity (Wildman–Crippen MR) is 148 cm³/mol. The van der Waals surface area contributed by atoms with Gasteiger partial charge in [-0.05, 0) is 59.8 Å². The molecule has 0 saturated heterocycles. The number of fused-ring (bicyclic) bond motifs is 1. The highest BCUT2D eigenvalue weighted by atomic mass is 35.5. The number of aliphatic hydroxyl groups is 1. The first-order valence-corrected chi connectivity index (χ1v) is 13.6. The van der Waals surface area contributed by atoms with Crippen LogP contribution in [0, 0.1) is 17.5 Å². The molecule has 0 fully saturated rings. The fraction of sp³-hybridized carbons (Fsp3) is 0.250. The summed E-state index contributed by atoms with van der Waals surface area (Å²) in [6, 6.07) is 8.96. The van der Waals surface area contributed by atoms with Crippen LogP contribution in [0.5, 0.6) is 5.75 Å². The number of anilines is 1. The lowest BCUT2D eigenvalue weighted by Gasteiger charge is -2.39. The summed E-state index contributed by atoms with van der Waals surface area (Å²) in [5.41, 5.74) is -4.76. The van der Waals surface area contributed by atoms with Crippen molar-refractivity contribution in [1.29, 1.82) is 0 Å². The number of hydrogen-bond acceptors (Lipinski definition) is 5. The number of thioether (sulfide) groups is 1. The van der Waals surface area contributed by atoms with E-state index >= 15 is 4.39 Å². The molecule has 2 atom stereocenters. The van der Waals surface area contributed by atoms with Crippen molar-refractivity contribution in [2.24, 2.45) is 0 Å². The molecule has 0 spiro atoms. The summed E-state index contributed by atoms with van der Waals surface area (Å²) in [4.78, 5) is 12.8. The summed E-state index contributed by atoms with van der Waals surface area (Å²) in [5.74, 6) is -3.68. The van der Waals surface area contributed by atoms with Gasteiger partial charge in [0.05, 0.1) is 23.7 Å². The van der Waals surface area contributed by atoms with Gasteiger partial charge in [-0.1, -0.05) is 24.6 Å². The maximum absolute atomic E-state index is 15.0. The van der Waals surface area contributed by atoms with Crippen molar-refractivity contribution in [2.45, 2.75) is 24.7 Å². The minimum atomic E-state index is -5.26. The van der Waals surface area contributed by atoms with Crippen molar-refractivity contribution in [2.75, 3.05) is 23.9 Å². The number of ether oxygens (including phenoxy) is 1. The third-order valence-electron chi connectivity index (χ3n) is 6.46. The number of nitrogens with one attached hydrogen (secondary N) is 1. The molecule has 218 valence electrons. The zero-order valence-electron chi connectivity index (χ0n) is 21.5. The third kappa shape index (κ3) is 5.86. The molecule has 4 aromatic rings.